The van der Waals surface area contributed by atoms with E-state index in [2.05, 4.69) is 15.3 Å². The Morgan fingerprint density at radius 2 is 1.70 bits per heavy atom. The van der Waals surface area contributed by atoms with Crippen molar-refractivity contribution in [1.29, 1.82) is 0 Å². The molecule has 0 aliphatic heterocycles. The first-order valence-electron chi connectivity index (χ1n) is 9.07. The second kappa shape index (κ2) is 9.92. The van der Waals surface area contributed by atoms with E-state index in [0.717, 1.165) is 41.2 Å². The maximum Gasteiger partial charge on any atom is 0.416 e. The molecule has 10 heteroatoms. The third-order valence-corrected chi connectivity index (χ3v) is 4.87. The molecule has 0 spiro atoms. The molecule has 30 heavy (non-hydrogen) atoms. The maximum absolute atomic E-state index is 12.6. The van der Waals surface area contributed by atoms with Crippen LogP contribution in [0.15, 0.2) is 29.4 Å². The third-order valence-electron chi connectivity index (χ3n) is 4.32. The minimum absolute atomic E-state index is 0.0432. The van der Waals surface area contributed by atoms with Crippen molar-refractivity contribution in [3.05, 3.63) is 46.8 Å². The van der Waals surface area contributed by atoms with Crippen molar-refractivity contribution in [2.45, 2.75) is 51.0 Å². The number of nitrogens with zero attached hydrogens (tertiary/aromatic N) is 2. The number of halogens is 3. The van der Waals surface area contributed by atoms with Gasteiger partial charge < -0.3 is 10.1 Å². The third kappa shape index (κ3) is 6.45. The number of hydrogen-bond acceptors (Lipinski definition) is 6. The van der Waals surface area contributed by atoms with E-state index < -0.39 is 29.7 Å². The van der Waals surface area contributed by atoms with Crippen molar-refractivity contribution in [2.24, 2.45) is 0 Å². The Balaban J connectivity index is 1.89. The largest absolute Gasteiger partial charge is 0.453 e. The molecular formula is C20H22F3N3O3S. The average Bonchev–Trinajstić information content (AvgIpc) is 2.66. The van der Waals surface area contributed by atoms with E-state index in [1.807, 2.05) is 20.1 Å². The molecule has 1 unspecified atom stereocenters. The van der Waals surface area contributed by atoms with Crippen molar-refractivity contribution in [2.75, 3.05) is 11.6 Å². The molecule has 1 aromatic carbocycles. The number of rotatable bonds is 7. The number of anilines is 1. The summed E-state index contributed by atoms with van der Waals surface area (Å²) in [4.78, 5) is 33.0. The predicted molar refractivity (Wildman–Crippen MR) is 107 cm³/mol. The number of amides is 1. The Kier molecular flexibility index (Phi) is 7.83. The van der Waals surface area contributed by atoms with E-state index in [4.69, 9.17) is 4.74 Å². The number of thioether (sulfide) groups is 1. The molecule has 1 heterocycles. The van der Waals surface area contributed by atoms with Gasteiger partial charge in [0.05, 0.1) is 5.56 Å². The lowest BCUT2D eigenvalue weighted by Gasteiger charge is -2.15. The van der Waals surface area contributed by atoms with Gasteiger partial charge in [0.15, 0.2) is 11.3 Å². The summed E-state index contributed by atoms with van der Waals surface area (Å²) in [6, 6.07) is 4.00. The quantitative estimate of drug-likeness (QED) is 0.391. The first-order valence-corrected chi connectivity index (χ1v) is 10.3. The van der Waals surface area contributed by atoms with E-state index in [1.54, 1.807) is 0 Å². The molecule has 1 amide bonds. The van der Waals surface area contributed by atoms with Crippen LogP contribution in [0, 0.1) is 13.8 Å². The minimum Gasteiger partial charge on any atom is -0.453 e. The van der Waals surface area contributed by atoms with Crippen molar-refractivity contribution < 1.29 is 27.5 Å². The van der Waals surface area contributed by atoms with Crippen molar-refractivity contribution in [3.63, 3.8) is 0 Å². The number of ether oxygens (including phenoxy) is 1. The number of alkyl halides is 3. The lowest BCUT2D eigenvalue weighted by molar-refractivity contribution is -0.153. The lowest BCUT2D eigenvalue weighted by atomic mass is 10.1. The maximum atomic E-state index is 12.6. The standard InChI is InChI=1S/C20H22F3N3O3S/c1-11-16(12(2)25-19(24-11)30-4)9-10-17(27)29-13(3)18(28)26-15-7-5-14(6-8-15)20(21,22)23/h5-8,13H,9-10H2,1-4H3,(H,26,28). The van der Waals surface area contributed by atoms with E-state index in [9.17, 15) is 22.8 Å². The highest BCUT2D eigenvalue weighted by atomic mass is 32.2. The van der Waals surface area contributed by atoms with Crippen LogP contribution >= 0.6 is 11.8 Å². The van der Waals surface area contributed by atoms with Crippen LogP contribution in [0.1, 0.15) is 35.9 Å². The summed E-state index contributed by atoms with van der Waals surface area (Å²) in [5.41, 5.74) is 1.78. The van der Waals surface area contributed by atoms with Crippen LogP contribution in [0.25, 0.3) is 0 Å². The van der Waals surface area contributed by atoms with Gasteiger partial charge in [-0.3, -0.25) is 9.59 Å². The van der Waals surface area contributed by atoms with Crippen LogP contribution in [0.2, 0.25) is 0 Å². The summed E-state index contributed by atoms with van der Waals surface area (Å²) < 4.78 is 42.9. The van der Waals surface area contributed by atoms with Gasteiger partial charge in [-0.15, -0.1) is 0 Å². The molecule has 0 radical (unpaired) electrons. The predicted octanol–water partition coefficient (Wildman–Crippen LogP) is 4.34. The monoisotopic (exact) mass is 441 g/mol. The smallest absolute Gasteiger partial charge is 0.416 e. The van der Waals surface area contributed by atoms with Crippen LogP contribution in [-0.2, 0) is 26.9 Å². The first-order chi connectivity index (χ1) is 14.0. The Hall–Kier alpha value is -2.62. The molecular weight excluding hydrogens is 419 g/mol. The first kappa shape index (κ1) is 23.7. The van der Waals surface area contributed by atoms with Crippen LogP contribution in [0.4, 0.5) is 18.9 Å². The fraction of sp³-hybridized carbons (Fsp3) is 0.400. The van der Waals surface area contributed by atoms with Crippen LogP contribution in [0.5, 0.6) is 0 Å². The number of hydrogen-bond donors (Lipinski definition) is 1. The van der Waals surface area contributed by atoms with Gasteiger partial charge in [-0.25, -0.2) is 9.97 Å². The number of carbonyl (C=O) groups is 2. The van der Waals surface area contributed by atoms with Gasteiger partial charge in [0.1, 0.15) is 0 Å². The number of aryl methyl sites for hydroxylation is 2. The van der Waals surface area contributed by atoms with E-state index in [1.165, 1.54) is 18.7 Å². The fourth-order valence-corrected chi connectivity index (χ4v) is 3.14. The molecule has 1 atom stereocenters. The highest BCUT2D eigenvalue weighted by Crippen LogP contribution is 2.29. The zero-order valence-corrected chi connectivity index (χ0v) is 17.8. The van der Waals surface area contributed by atoms with Gasteiger partial charge in [0.2, 0.25) is 0 Å². The summed E-state index contributed by atoms with van der Waals surface area (Å²) in [5.74, 6) is -1.21. The molecule has 0 bridgehead atoms. The van der Waals surface area contributed by atoms with Gasteiger partial charge in [-0.05, 0) is 63.3 Å². The van der Waals surface area contributed by atoms with Crippen LogP contribution < -0.4 is 5.32 Å². The van der Waals surface area contributed by atoms with Crippen molar-refractivity contribution in [3.8, 4) is 0 Å². The summed E-state index contributed by atoms with van der Waals surface area (Å²) in [7, 11) is 0. The van der Waals surface area contributed by atoms with Gasteiger partial charge in [0.25, 0.3) is 5.91 Å². The molecule has 2 aromatic rings. The van der Waals surface area contributed by atoms with E-state index in [-0.39, 0.29) is 12.1 Å². The second-order valence-electron chi connectivity index (χ2n) is 6.56. The topological polar surface area (TPSA) is 81.2 Å². The zero-order chi connectivity index (χ0) is 22.5. The molecule has 1 N–H and O–H groups in total. The van der Waals surface area contributed by atoms with Gasteiger partial charge in [-0.1, -0.05) is 11.8 Å². The van der Waals surface area contributed by atoms with Crippen molar-refractivity contribution >= 4 is 29.3 Å². The summed E-state index contributed by atoms with van der Waals surface area (Å²) >= 11 is 1.43. The fourth-order valence-electron chi connectivity index (χ4n) is 2.68. The van der Waals surface area contributed by atoms with Gasteiger partial charge in [0, 0.05) is 23.5 Å². The van der Waals surface area contributed by atoms with Crippen LogP contribution in [-0.4, -0.2) is 34.2 Å². The summed E-state index contributed by atoms with van der Waals surface area (Å²) in [5, 5.41) is 3.08. The Labute approximate surface area is 176 Å². The Bertz CT molecular complexity index is 895. The molecule has 2 rings (SSSR count). The molecule has 0 aliphatic carbocycles. The average molecular weight is 441 g/mol. The highest BCUT2D eigenvalue weighted by molar-refractivity contribution is 7.98. The Morgan fingerprint density at radius 3 is 2.20 bits per heavy atom. The summed E-state index contributed by atoms with van der Waals surface area (Å²) in [6.07, 6.45) is -3.26. The second-order valence-corrected chi connectivity index (χ2v) is 7.33. The molecule has 0 saturated heterocycles. The van der Waals surface area contributed by atoms with Crippen LogP contribution in [0.3, 0.4) is 0 Å². The van der Waals surface area contributed by atoms with Crippen molar-refractivity contribution in [1.82, 2.24) is 9.97 Å². The van der Waals surface area contributed by atoms with Gasteiger partial charge in [-0.2, -0.15) is 13.2 Å². The normalized spacial score (nSPS) is 12.4. The van der Waals surface area contributed by atoms with E-state index in [0.29, 0.717) is 11.6 Å². The SMILES string of the molecule is CSc1nc(C)c(CCC(=O)OC(C)C(=O)Nc2ccc(C(F)(F)F)cc2)c(C)n1. The van der Waals surface area contributed by atoms with Gasteiger partial charge >= 0.3 is 12.1 Å². The molecule has 0 fully saturated rings. The number of esters is 1. The molecule has 162 valence electrons. The molecule has 6 nitrogen and oxygen atoms in total. The zero-order valence-electron chi connectivity index (χ0n) is 17.0. The summed E-state index contributed by atoms with van der Waals surface area (Å²) in [6.45, 7) is 5.08. The number of aromatic nitrogens is 2. The minimum atomic E-state index is -4.46. The lowest BCUT2D eigenvalue weighted by Crippen LogP contribution is -2.30. The molecule has 0 saturated carbocycles. The van der Waals surface area contributed by atoms with E-state index >= 15 is 0 Å². The Morgan fingerprint density at radius 1 is 1.13 bits per heavy atom. The highest BCUT2D eigenvalue weighted by Gasteiger charge is 2.30. The number of benzene rings is 1. The number of carbonyl (C=O) groups excluding carboxylic acids is 2. The molecule has 1 aromatic heterocycles. The number of nitrogens with one attached hydrogen (secondary N) is 1. The molecule has 0 aliphatic rings.